The number of piperidine rings is 1. The highest BCUT2D eigenvalue weighted by atomic mass is 79.9. The highest BCUT2D eigenvalue weighted by Gasteiger charge is 2.26. The summed E-state index contributed by atoms with van der Waals surface area (Å²) in [4.78, 5) is 2.43. The molecule has 1 aliphatic rings. The third-order valence-electron chi connectivity index (χ3n) is 3.43. The lowest BCUT2D eigenvalue weighted by Crippen LogP contribution is -2.39. The number of likely N-dealkylation sites (tertiary alicyclic amines) is 1. The van der Waals surface area contributed by atoms with Crippen LogP contribution in [0.15, 0.2) is 21.2 Å². The first-order valence-corrected chi connectivity index (χ1v) is 6.68. The Labute approximate surface area is 105 Å². The van der Waals surface area contributed by atoms with Gasteiger partial charge >= 0.3 is 0 Å². The molecular formula is C12H19BrN2O. The Morgan fingerprint density at radius 1 is 1.56 bits per heavy atom. The second-order valence-electron chi connectivity index (χ2n) is 4.60. The SMILES string of the molecule is CC1CCN(C(CN)c2occc2Br)CC1. The number of nitrogens with zero attached hydrogens (tertiary/aromatic N) is 1. The lowest BCUT2D eigenvalue weighted by Gasteiger charge is -2.35. The third-order valence-corrected chi connectivity index (χ3v) is 4.08. The predicted octanol–water partition coefficient (Wildman–Crippen LogP) is 2.77. The highest BCUT2D eigenvalue weighted by Crippen LogP contribution is 2.31. The molecule has 3 nitrogen and oxygen atoms in total. The smallest absolute Gasteiger partial charge is 0.136 e. The van der Waals surface area contributed by atoms with E-state index in [2.05, 4.69) is 27.8 Å². The van der Waals surface area contributed by atoms with Gasteiger partial charge in [-0.3, -0.25) is 4.90 Å². The van der Waals surface area contributed by atoms with Gasteiger partial charge in [0.1, 0.15) is 5.76 Å². The van der Waals surface area contributed by atoms with Crippen molar-refractivity contribution in [1.82, 2.24) is 4.90 Å². The molecule has 0 bridgehead atoms. The molecule has 1 saturated heterocycles. The van der Waals surface area contributed by atoms with Gasteiger partial charge in [-0.05, 0) is 53.8 Å². The van der Waals surface area contributed by atoms with Gasteiger partial charge in [0.15, 0.2) is 0 Å². The number of halogens is 1. The molecule has 16 heavy (non-hydrogen) atoms. The van der Waals surface area contributed by atoms with E-state index >= 15 is 0 Å². The molecule has 1 atom stereocenters. The number of rotatable bonds is 3. The average molecular weight is 287 g/mol. The minimum atomic E-state index is 0.219. The van der Waals surface area contributed by atoms with E-state index in [0.717, 1.165) is 29.2 Å². The molecule has 0 radical (unpaired) electrons. The lowest BCUT2D eigenvalue weighted by atomic mass is 9.97. The summed E-state index contributed by atoms with van der Waals surface area (Å²) in [6.07, 6.45) is 4.23. The van der Waals surface area contributed by atoms with E-state index in [1.54, 1.807) is 6.26 Å². The van der Waals surface area contributed by atoms with Crippen LogP contribution in [-0.2, 0) is 0 Å². The zero-order valence-electron chi connectivity index (χ0n) is 9.66. The van der Waals surface area contributed by atoms with Crippen LogP contribution in [0.25, 0.3) is 0 Å². The fourth-order valence-corrected chi connectivity index (χ4v) is 2.77. The van der Waals surface area contributed by atoms with Gasteiger partial charge < -0.3 is 10.2 Å². The first kappa shape index (κ1) is 12.1. The molecule has 1 fully saturated rings. The Kier molecular flexibility index (Phi) is 4.05. The summed E-state index contributed by atoms with van der Waals surface area (Å²) in [5.74, 6) is 1.81. The van der Waals surface area contributed by atoms with Crippen molar-refractivity contribution in [2.24, 2.45) is 11.7 Å². The minimum Gasteiger partial charge on any atom is -0.466 e. The number of hydrogen-bond donors (Lipinski definition) is 1. The predicted molar refractivity (Wildman–Crippen MR) is 68.2 cm³/mol. The molecule has 2 N–H and O–H groups in total. The van der Waals surface area contributed by atoms with Crippen molar-refractivity contribution in [2.45, 2.75) is 25.8 Å². The normalized spacial score (nSPS) is 21.2. The lowest BCUT2D eigenvalue weighted by molar-refractivity contribution is 0.126. The van der Waals surface area contributed by atoms with Gasteiger partial charge in [0.2, 0.25) is 0 Å². The monoisotopic (exact) mass is 286 g/mol. The molecule has 2 rings (SSSR count). The summed E-state index contributed by atoms with van der Waals surface area (Å²) in [6.45, 7) is 5.17. The summed E-state index contributed by atoms with van der Waals surface area (Å²) in [6, 6.07) is 2.15. The summed E-state index contributed by atoms with van der Waals surface area (Å²) in [5, 5.41) is 0. The third kappa shape index (κ3) is 2.50. The maximum absolute atomic E-state index is 5.88. The van der Waals surface area contributed by atoms with Crippen LogP contribution >= 0.6 is 15.9 Å². The topological polar surface area (TPSA) is 42.4 Å². The molecule has 0 spiro atoms. The molecule has 0 amide bonds. The van der Waals surface area contributed by atoms with E-state index in [4.69, 9.17) is 10.2 Å². The molecule has 0 aromatic carbocycles. The van der Waals surface area contributed by atoms with Gasteiger partial charge in [-0.1, -0.05) is 6.92 Å². The highest BCUT2D eigenvalue weighted by molar-refractivity contribution is 9.10. The van der Waals surface area contributed by atoms with Crippen LogP contribution in [0.3, 0.4) is 0 Å². The van der Waals surface area contributed by atoms with E-state index < -0.39 is 0 Å². The zero-order valence-corrected chi connectivity index (χ0v) is 11.2. The Morgan fingerprint density at radius 3 is 2.75 bits per heavy atom. The van der Waals surface area contributed by atoms with Crippen LogP contribution < -0.4 is 5.73 Å². The van der Waals surface area contributed by atoms with Crippen LogP contribution in [0.5, 0.6) is 0 Å². The van der Waals surface area contributed by atoms with E-state index in [9.17, 15) is 0 Å². The standard InChI is InChI=1S/C12H19BrN2O/c1-9-2-5-15(6-3-9)11(8-14)12-10(13)4-7-16-12/h4,7,9,11H,2-3,5-6,8,14H2,1H3. The largest absolute Gasteiger partial charge is 0.466 e. The molecule has 90 valence electrons. The van der Waals surface area contributed by atoms with Crippen molar-refractivity contribution in [3.05, 3.63) is 22.6 Å². The number of nitrogens with two attached hydrogens (primary N) is 1. The minimum absolute atomic E-state index is 0.219. The van der Waals surface area contributed by atoms with Crippen LogP contribution in [-0.4, -0.2) is 24.5 Å². The van der Waals surface area contributed by atoms with Crippen LogP contribution in [0.2, 0.25) is 0 Å². The Morgan fingerprint density at radius 2 is 2.25 bits per heavy atom. The first-order valence-electron chi connectivity index (χ1n) is 5.89. The van der Waals surface area contributed by atoms with Crippen molar-refractivity contribution in [1.29, 1.82) is 0 Å². The fourth-order valence-electron chi connectivity index (χ4n) is 2.31. The van der Waals surface area contributed by atoms with E-state index in [1.807, 2.05) is 6.07 Å². The van der Waals surface area contributed by atoms with Gasteiger partial charge in [-0.2, -0.15) is 0 Å². The van der Waals surface area contributed by atoms with E-state index in [-0.39, 0.29) is 6.04 Å². The van der Waals surface area contributed by atoms with Crippen molar-refractivity contribution in [2.75, 3.05) is 19.6 Å². The fraction of sp³-hybridized carbons (Fsp3) is 0.667. The first-order chi connectivity index (χ1) is 7.72. The second kappa shape index (κ2) is 5.34. The summed E-state index contributed by atoms with van der Waals surface area (Å²) in [7, 11) is 0. The number of furan rings is 1. The quantitative estimate of drug-likeness (QED) is 0.929. The van der Waals surface area contributed by atoms with Crippen molar-refractivity contribution in [3.63, 3.8) is 0 Å². The Bertz CT molecular complexity index is 332. The Balaban J connectivity index is 2.08. The molecule has 1 aromatic rings. The Hall–Kier alpha value is -0.320. The van der Waals surface area contributed by atoms with Gasteiger partial charge in [-0.15, -0.1) is 0 Å². The average Bonchev–Trinajstić information content (AvgIpc) is 2.69. The zero-order chi connectivity index (χ0) is 11.5. The van der Waals surface area contributed by atoms with Crippen molar-refractivity contribution >= 4 is 15.9 Å². The van der Waals surface area contributed by atoms with Gasteiger partial charge in [0.05, 0.1) is 16.8 Å². The molecule has 4 heteroatoms. The van der Waals surface area contributed by atoms with Gasteiger partial charge in [0, 0.05) is 6.54 Å². The van der Waals surface area contributed by atoms with E-state index in [0.29, 0.717) is 6.54 Å². The maximum atomic E-state index is 5.88. The van der Waals surface area contributed by atoms with Gasteiger partial charge in [0.25, 0.3) is 0 Å². The summed E-state index contributed by atoms with van der Waals surface area (Å²) in [5.41, 5.74) is 5.88. The van der Waals surface area contributed by atoms with Crippen molar-refractivity contribution < 1.29 is 4.42 Å². The summed E-state index contributed by atoms with van der Waals surface area (Å²) < 4.78 is 6.56. The van der Waals surface area contributed by atoms with Crippen LogP contribution in [0.4, 0.5) is 0 Å². The molecule has 0 saturated carbocycles. The molecule has 1 aliphatic heterocycles. The van der Waals surface area contributed by atoms with Crippen molar-refractivity contribution in [3.8, 4) is 0 Å². The van der Waals surface area contributed by atoms with Gasteiger partial charge in [-0.25, -0.2) is 0 Å². The molecule has 2 heterocycles. The molecular weight excluding hydrogens is 268 g/mol. The van der Waals surface area contributed by atoms with Crippen LogP contribution in [0, 0.1) is 5.92 Å². The molecule has 1 unspecified atom stereocenters. The second-order valence-corrected chi connectivity index (χ2v) is 5.46. The maximum Gasteiger partial charge on any atom is 0.136 e. The molecule has 0 aliphatic carbocycles. The molecule has 1 aromatic heterocycles. The van der Waals surface area contributed by atoms with E-state index in [1.165, 1.54) is 12.8 Å². The summed E-state index contributed by atoms with van der Waals surface area (Å²) >= 11 is 3.51. The van der Waals surface area contributed by atoms with Crippen LogP contribution in [0.1, 0.15) is 31.6 Å². The number of hydrogen-bond acceptors (Lipinski definition) is 3.